The van der Waals surface area contributed by atoms with Crippen LogP contribution in [0.1, 0.15) is 6.42 Å². The smallest absolute Gasteiger partial charge is 0.112 e. The third-order valence-electron chi connectivity index (χ3n) is 3.75. The third kappa shape index (κ3) is 2.39. The molecule has 0 aromatic carbocycles. The highest BCUT2D eigenvalue weighted by atomic mass is 79.9. The molecule has 0 radical (unpaired) electrons. The second kappa shape index (κ2) is 5.63. The maximum absolute atomic E-state index is 9.59. The zero-order valence-corrected chi connectivity index (χ0v) is 12.7. The number of hydrogen-bond acceptors (Lipinski definition) is 5. The molecule has 0 saturated carbocycles. The highest BCUT2D eigenvalue weighted by Gasteiger charge is 2.32. The number of halogens is 1. The summed E-state index contributed by atoms with van der Waals surface area (Å²) in [5.74, 6) is 0. The zero-order valence-electron chi connectivity index (χ0n) is 11.2. The van der Waals surface area contributed by atoms with E-state index in [1.807, 2.05) is 12.1 Å². The van der Waals surface area contributed by atoms with Gasteiger partial charge in [0.05, 0.1) is 30.0 Å². The first kappa shape index (κ1) is 13.7. The molecule has 1 saturated heterocycles. The van der Waals surface area contributed by atoms with E-state index in [-0.39, 0.29) is 18.8 Å². The van der Waals surface area contributed by atoms with Gasteiger partial charge in [-0.05, 0) is 34.5 Å². The molecule has 2 atom stereocenters. The molecule has 0 amide bonds. The van der Waals surface area contributed by atoms with Gasteiger partial charge in [0.15, 0.2) is 0 Å². The average Bonchev–Trinajstić information content (AvgIpc) is 2.89. The number of aromatic nitrogens is 2. The Morgan fingerprint density at radius 1 is 1.50 bits per heavy atom. The lowest BCUT2D eigenvalue weighted by atomic mass is 10.2. The van der Waals surface area contributed by atoms with Gasteiger partial charge < -0.3 is 14.7 Å². The van der Waals surface area contributed by atoms with Crippen LogP contribution in [0.3, 0.4) is 0 Å². The quantitative estimate of drug-likeness (QED) is 0.927. The van der Waals surface area contributed by atoms with Crippen molar-refractivity contribution in [1.82, 2.24) is 9.97 Å². The highest BCUT2D eigenvalue weighted by Crippen LogP contribution is 2.31. The molecule has 6 heteroatoms. The van der Waals surface area contributed by atoms with E-state index in [1.165, 1.54) is 0 Å². The Morgan fingerprint density at radius 3 is 3.10 bits per heavy atom. The number of methoxy groups -OCH3 is 1. The minimum atomic E-state index is 0.0657. The van der Waals surface area contributed by atoms with Gasteiger partial charge in [0.25, 0.3) is 0 Å². The average molecular weight is 338 g/mol. The van der Waals surface area contributed by atoms with Gasteiger partial charge in [0.2, 0.25) is 0 Å². The number of aliphatic hydroxyl groups excluding tert-OH is 1. The van der Waals surface area contributed by atoms with Crippen LogP contribution >= 0.6 is 15.9 Å². The maximum atomic E-state index is 9.59. The SMILES string of the molecule is CO[C@@H]1C[C@@H](CO)N(c2ccnc3cc(Br)cnc23)C1. The Labute approximate surface area is 125 Å². The van der Waals surface area contributed by atoms with Gasteiger partial charge in [0.1, 0.15) is 5.52 Å². The molecule has 5 nitrogen and oxygen atoms in total. The largest absolute Gasteiger partial charge is 0.394 e. The molecule has 106 valence electrons. The van der Waals surface area contributed by atoms with Crippen LogP contribution in [0.15, 0.2) is 29.0 Å². The molecule has 1 N–H and O–H groups in total. The summed E-state index contributed by atoms with van der Waals surface area (Å²) < 4.78 is 6.34. The third-order valence-corrected chi connectivity index (χ3v) is 4.19. The maximum Gasteiger partial charge on any atom is 0.112 e. The number of hydrogen-bond donors (Lipinski definition) is 1. The number of aliphatic hydroxyl groups is 1. The molecular weight excluding hydrogens is 322 g/mol. The van der Waals surface area contributed by atoms with Crippen molar-refractivity contribution < 1.29 is 9.84 Å². The summed E-state index contributed by atoms with van der Waals surface area (Å²) in [6.07, 6.45) is 4.52. The monoisotopic (exact) mass is 337 g/mol. The fourth-order valence-corrected chi connectivity index (χ4v) is 3.06. The number of rotatable bonds is 3. The summed E-state index contributed by atoms with van der Waals surface area (Å²) in [6.45, 7) is 0.874. The van der Waals surface area contributed by atoms with Crippen LogP contribution in [-0.4, -0.2) is 47.5 Å². The van der Waals surface area contributed by atoms with Gasteiger partial charge in [-0.1, -0.05) is 0 Å². The van der Waals surface area contributed by atoms with Crippen molar-refractivity contribution in [2.24, 2.45) is 0 Å². The standard InChI is InChI=1S/C14H16BrN3O2/c1-20-11-5-10(8-19)18(7-11)13-2-3-16-12-4-9(15)6-17-14(12)13/h2-4,6,10-11,19H,5,7-8H2,1H3/t10-,11+/m0/s1. The Kier molecular flexibility index (Phi) is 3.87. The molecule has 3 heterocycles. The van der Waals surface area contributed by atoms with Gasteiger partial charge in [0, 0.05) is 30.5 Å². The molecule has 1 fully saturated rings. The fraction of sp³-hybridized carbons (Fsp3) is 0.429. The van der Waals surface area contributed by atoms with E-state index in [4.69, 9.17) is 4.74 Å². The summed E-state index contributed by atoms with van der Waals surface area (Å²) in [4.78, 5) is 11.0. The van der Waals surface area contributed by atoms with Gasteiger partial charge in [-0.2, -0.15) is 0 Å². The van der Waals surface area contributed by atoms with E-state index in [9.17, 15) is 5.11 Å². The van der Waals surface area contributed by atoms with Crippen molar-refractivity contribution >= 4 is 32.7 Å². The van der Waals surface area contributed by atoms with Crippen molar-refractivity contribution in [3.63, 3.8) is 0 Å². The van der Waals surface area contributed by atoms with Gasteiger partial charge in [-0.25, -0.2) is 0 Å². The molecule has 2 aromatic heterocycles. The van der Waals surface area contributed by atoms with Gasteiger partial charge >= 0.3 is 0 Å². The predicted molar refractivity (Wildman–Crippen MR) is 80.9 cm³/mol. The molecule has 0 bridgehead atoms. The fourth-order valence-electron chi connectivity index (χ4n) is 2.74. The Hall–Kier alpha value is -1.24. The van der Waals surface area contributed by atoms with E-state index in [1.54, 1.807) is 19.5 Å². The van der Waals surface area contributed by atoms with Crippen LogP contribution < -0.4 is 4.90 Å². The first-order valence-corrected chi connectivity index (χ1v) is 7.32. The minimum absolute atomic E-state index is 0.0657. The summed E-state index contributed by atoms with van der Waals surface area (Å²) >= 11 is 3.41. The Balaban J connectivity index is 2.05. The van der Waals surface area contributed by atoms with Crippen LogP contribution in [0.25, 0.3) is 11.0 Å². The zero-order chi connectivity index (χ0) is 14.1. The lowest BCUT2D eigenvalue weighted by Gasteiger charge is -2.25. The molecule has 20 heavy (non-hydrogen) atoms. The Bertz CT molecular complexity index is 622. The Morgan fingerprint density at radius 2 is 2.35 bits per heavy atom. The normalized spacial score (nSPS) is 22.6. The number of anilines is 1. The van der Waals surface area contributed by atoms with E-state index < -0.39 is 0 Å². The molecule has 2 aromatic rings. The van der Waals surface area contributed by atoms with Crippen LogP contribution in [0.4, 0.5) is 5.69 Å². The number of ether oxygens (including phenoxy) is 1. The summed E-state index contributed by atoms with van der Waals surface area (Å²) in [6, 6.07) is 3.96. The topological polar surface area (TPSA) is 58.5 Å². The van der Waals surface area contributed by atoms with Crippen LogP contribution in [0.5, 0.6) is 0 Å². The summed E-state index contributed by atoms with van der Waals surface area (Å²) in [7, 11) is 1.71. The number of pyridine rings is 2. The van der Waals surface area contributed by atoms with E-state index in [0.29, 0.717) is 0 Å². The predicted octanol–water partition coefficient (Wildman–Crippen LogP) is 1.98. The van der Waals surface area contributed by atoms with Crippen molar-refractivity contribution in [1.29, 1.82) is 0 Å². The molecule has 3 rings (SSSR count). The first-order chi connectivity index (χ1) is 9.72. The van der Waals surface area contributed by atoms with Crippen LogP contribution in [-0.2, 0) is 4.74 Å². The lowest BCUT2D eigenvalue weighted by molar-refractivity contribution is 0.115. The molecule has 1 aliphatic rings. The summed E-state index contributed by atoms with van der Waals surface area (Å²) in [5, 5.41) is 9.59. The van der Waals surface area contributed by atoms with Crippen molar-refractivity contribution in [3.8, 4) is 0 Å². The van der Waals surface area contributed by atoms with E-state index in [0.717, 1.165) is 34.2 Å². The second-order valence-corrected chi connectivity index (χ2v) is 5.85. The lowest BCUT2D eigenvalue weighted by Crippen LogP contribution is -2.32. The van der Waals surface area contributed by atoms with Gasteiger partial charge in [-0.3, -0.25) is 9.97 Å². The van der Waals surface area contributed by atoms with E-state index in [2.05, 4.69) is 30.8 Å². The van der Waals surface area contributed by atoms with Crippen molar-refractivity contribution in [3.05, 3.63) is 29.0 Å². The molecule has 1 aliphatic heterocycles. The van der Waals surface area contributed by atoms with Crippen LogP contribution in [0.2, 0.25) is 0 Å². The molecule has 0 spiro atoms. The summed E-state index contributed by atoms with van der Waals surface area (Å²) in [5.41, 5.74) is 2.70. The van der Waals surface area contributed by atoms with Gasteiger partial charge in [-0.15, -0.1) is 0 Å². The van der Waals surface area contributed by atoms with Crippen LogP contribution in [0, 0.1) is 0 Å². The molecular formula is C14H16BrN3O2. The minimum Gasteiger partial charge on any atom is -0.394 e. The van der Waals surface area contributed by atoms with E-state index >= 15 is 0 Å². The number of nitrogens with zero attached hydrogens (tertiary/aromatic N) is 3. The van der Waals surface area contributed by atoms with Crippen molar-refractivity contribution in [2.75, 3.05) is 25.2 Å². The number of fused-ring (bicyclic) bond motifs is 1. The molecule has 0 unspecified atom stereocenters. The highest BCUT2D eigenvalue weighted by molar-refractivity contribution is 9.10. The first-order valence-electron chi connectivity index (χ1n) is 6.53. The molecule has 0 aliphatic carbocycles. The second-order valence-electron chi connectivity index (χ2n) is 4.93. The van der Waals surface area contributed by atoms with Crippen molar-refractivity contribution in [2.45, 2.75) is 18.6 Å².